The van der Waals surface area contributed by atoms with Crippen LogP contribution in [0.1, 0.15) is 38.7 Å². The van der Waals surface area contributed by atoms with Crippen molar-refractivity contribution in [1.29, 1.82) is 0 Å². The first-order chi connectivity index (χ1) is 9.89. The topological polar surface area (TPSA) is 41.6 Å². The number of ether oxygens (including phenoxy) is 1. The van der Waals surface area contributed by atoms with Crippen molar-refractivity contribution in [2.45, 2.75) is 38.7 Å². The Morgan fingerprint density at radius 3 is 2.43 bits per heavy atom. The van der Waals surface area contributed by atoms with Gasteiger partial charge in [0.2, 0.25) is 0 Å². The lowest BCUT2D eigenvalue weighted by atomic mass is 9.93. The van der Waals surface area contributed by atoms with Crippen molar-refractivity contribution in [3.63, 3.8) is 0 Å². The van der Waals surface area contributed by atoms with Gasteiger partial charge in [-0.25, -0.2) is 4.79 Å². The third-order valence-electron chi connectivity index (χ3n) is 3.43. The van der Waals surface area contributed by atoms with Crippen LogP contribution in [-0.2, 0) is 4.74 Å². The number of anilines is 1. The fourth-order valence-electron chi connectivity index (χ4n) is 2.30. The second kappa shape index (κ2) is 6.20. The molecule has 114 valence electrons. The Balaban J connectivity index is 1.99. The summed E-state index contributed by atoms with van der Waals surface area (Å²) in [6.07, 6.45) is 4.55. The fourth-order valence-corrected chi connectivity index (χ4v) is 2.30. The Morgan fingerprint density at radius 2 is 1.95 bits per heavy atom. The maximum absolute atomic E-state index is 12.0. The monoisotopic (exact) mass is 288 g/mol. The van der Waals surface area contributed by atoms with Crippen LogP contribution in [0, 0.1) is 0 Å². The minimum Gasteiger partial charge on any atom is -0.443 e. The number of rotatable bonds is 2. The van der Waals surface area contributed by atoms with Gasteiger partial charge in [0.25, 0.3) is 0 Å². The molecule has 0 radical (unpaired) electrons. The van der Waals surface area contributed by atoms with Crippen LogP contribution in [0.5, 0.6) is 0 Å². The van der Waals surface area contributed by atoms with Crippen LogP contribution in [-0.4, -0.2) is 30.2 Å². The SMILES string of the molecule is CNc1ccc(C2C=CN(C(=O)OC(C)(C)C)CC2)cc1. The summed E-state index contributed by atoms with van der Waals surface area (Å²) in [5, 5.41) is 3.11. The van der Waals surface area contributed by atoms with Crippen LogP contribution < -0.4 is 5.32 Å². The maximum Gasteiger partial charge on any atom is 0.414 e. The lowest BCUT2D eigenvalue weighted by Gasteiger charge is -2.29. The van der Waals surface area contributed by atoms with E-state index in [2.05, 4.69) is 35.7 Å². The number of hydrogen-bond acceptors (Lipinski definition) is 3. The van der Waals surface area contributed by atoms with E-state index in [0.29, 0.717) is 12.5 Å². The molecule has 1 N–H and O–H groups in total. The molecule has 1 atom stereocenters. The summed E-state index contributed by atoms with van der Waals surface area (Å²) in [6, 6.07) is 8.40. The quantitative estimate of drug-likeness (QED) is 0.895. The standard InChI is InChI=1S/C17H24N2O2/c1-17(2,3)21-16(20)19-11-9-14(10-12-19)13-5-7-15(18-4)8-6-13/h5-9,11,14,18H,10,12H2,1-4H3. The number of carbonyl (C=O) groups excluding carboxylic acids is 1. The Hall–Kier alpha value is -1.97. The largest absolute Gasteiger partial charge is 0.443 e. The van der Waals surface area contributed by atoms with Crippen molar-refractivity contribution in [2.24, 2.45) is 0 Å². The highest BCUT2D eigenvalue weighted by atomic mass is 16.6. The van der Waals surface area contributed by atoms with Crippen LogP contribution in [0.4, 0.5) is 10.5 Å². The highest BCUT2D eigenvalue weighted by Gasteiger charge is 2.24. The van der Waals surface area contributed by atoms with Crippen molar-refractivity contribution in [1.82, 2.24) is 4.90 Å². The van der Waals surface area contributed by atoms with E-state index < -0.39 is 5.60 Å². The number of nitrogens with zero attached hydrogens (tertiary/aromatic N) is 1. The number of benzene rings is 1. The molecule has 0 aliphatic carbocycles. The van der Waals surface area contributed by atoms with Crippen LogP contribution in [0.25, 0.3) is 0 Å². The van der Waals surface area contributed by atoms with Crippen LogP contribution in [0.3, 0.4) is 0 Å². The molecule has 1 amide bonds. The molecule has 21 heavy (non-hydrogen) atoms. The molecule has 1 unspecified atom stereocenters. The number of carbonyl (C=O) groups is 1. The predicted molar refractivity (Wildman–Crippen MR) is 85.4 cm³/mol. The van der Waals surface area contributed by atoms with Gasteiger partial charge in [0, 0.05) is 31.4 Å². The molecule has 0 fully saturated rings. The fraction of sp³-hybridized carbons (Fsp3) is 0.471. The zero-order chi connectivity index (χ0) is 15.5. The van der Waals surface area contributed by atoms with Gasteiger partial charge >= 0.3 is 6.09 Å². The molecule has 1 aliphatic rings. The third kappa shape index (κ3) is 4.25. The van der Waals surface area contributed by atoms with E-state index in [9.17, 15) is 4.79 Å². The summed E-state index contributed by atoms with van der Waals surface area (Å²) in [7, 11) is 1.91. The van der Waals surface area contributed by atoms with Gasteiger partial charge in [-0.3, -0.25) is 4.90 Å². The van der Waals surface area contributed by atoms with Gasteiger partial charge in [0.1, 0.15) is 5.60 Å². The zero-order valence-electron chi connectivity index (χ0n) is 13.2. The predicted octanol–water partition coefficient (Wildman–Crippen LogP) is 3.97. The van der Waals surface area contributed by atoms with Gasteiger partial charge in [-0.05, 0) is 44.9 Å². The van der Waals surface area contributed by atoms with Crippen molar-refractivity contribution in [3.8, 4) is 0 Å². The summed E-state index contributed by atoms with van der Waals surface area (Å²) in [5.74, 6) is 0.356. The minimum absolute atomic E-state index is 0.275. The van der Waals surface area contributed by atoms with Gasteiger partial charge in [0.15, 0.2) is 0 Å². The van der Waals surface area contributed by atoms with Crippen LogP contribution in [0.2, 0.25) is 0 Å². The number of hydrogen-bond donors (Lipinski definition) is 1. The summed E-state index contributed by atoms with van der Waals surface area (Å²) in [4.78, 5) is 13.6. The first kappa shape index (κ1) is 15.4. The molecule has 1 aromatic carbocycles. The van der Waals surface area contributed by atoms with E-state index in [1.54, 1.807) is 4.90 Å². The van der Waals surface area contributed by atoms with Crippen molar-refractivity contribution >= 4 is 11.8 Å². The average Bonchev–Trinajstić information content (AvgIpc) is 2.46. The molecule has 0 saturated heterocycles. The molecule has 1 aliphatic heterocycles. The molecular formula is C17H24N2O2. The Kier molecular flexibility index (Phi) is 4.56. The van der Waals surface area contributed by atoms with E-state index in [1.165, 1.54) is 5.56 Å². The smallest absolute Gasteiger partial charge is 0.414 e. The first-order valence-corrected chi connectivity index (χ1v) is 7.35. The highest BCUT2D eigenvalue weighted by Crippen LogP contribution is 2.27. The van der Waals surface area contributed by atoms with Gasteiger partial charge in [0.05, 0.1) is 0 Å². The number of nitrogens with one attached hydrogen (secondary N) is 1. The number of allylic oxidation sites excluding steroid dienone is 1. The molecule has 0 aromatic heterocycles. The van der Waals surface area contributed by atoms with Gasteiger partial charge in [-0.15, -0.1) is 0 Å². The second-order valence-corrected chi connectivity index (χ2v) is 6.28. The van der Waals surface area contributed by atoms with Gasteiger partial charge in [-0.2, -0.15) is 0 Å². The zero-order valence-corrected chi connectivity index (χ0v) is 13.2. The molecule has 2 rings (SSSR count). The molecule has 1 aromatic rings. The van der Waals surface area contributed by atoms with Gasteiger partial charge in [-0.1, -0.05) is 18.2 Å². The second-order valence-electron chi connectivity index (χ2n) is 6.28. The minimum atomic E-state index is -0.454. The molecule has 4 nitrogen and oxygen atoms in total. The lowest BCUT2D eigenvalue weighted by molar-refractivity contribution is 0.0324. The normalized spacial score (nSPS) is 18.5. The number of amides is 1. The van der Waals surface area contributed by atoms with E-state index in [4.69, 9.17) is 4.74 Å². The third-order valence-corrected chi connectivity index (χ3v) is 3.43. The first-order valence-electron chi connectivity index (χ1n) is 7.35. The Morgan fingerprint density at radius 1 is 1.29 bits per heavy atom. The van der Waals surface area contributed by atoms with E-state index >= 15 is 0 Å². The maximum atomic E-state index is 12.0. The summed E-state index contributed by atoms with van der Waals surface area (Å²) in [5.41, 5.74) is 1.92. The average molecular weight is 288 g/mol. The summed E-state index contributed by atoms with van der Waals surface area (Å²) < 4.78 is 5.38. The Bertz CT molecular complexity index is 515. The van der Waals surface area contributed by atoms with Crippen LogP contribution in [0.15, 0.2) is 36.5 Å². The summed E-state index contributed by atoms with van der Waals surface area (Å²) in [6.45, 7) is 6.32. The van der Waals surface area contributed by atoms with Crippen LogP contribution >= 0.6 is 0 Å². The Labute approximate surface area is 126 Å². The van der Waals surface area contributed by atoms with Crippen molar-refractivity contribution < 1.29 is 9.53 Å². The van der Waals surface area contributed by atoms with Crippen molar-refractivity contribution in [3.05, 3.63) is 42.1 Å². The molecule has 4 heteroatoms. The van der Waals surface area contributed by atoms with E-state index in [0.717, 1.165) is 12.1 Å². The molecule has 0 spiro atoms. The summed E-state index contributed by atoms with van der Waals surface area (Å²) >= 11 is 0. The van der Waals surface area contributed by atoms with E-state index in [-0.39, 0.29) is 6.09 Å². The highest BCUT2D eigenvalue weighted by molar-refractivity contribution is 5.69. The van der Waals surface area contributed by atoms with Gasteiger partial charge < -0.3 is 10.1 Å². The molecular weight excluding hydrogens is 264 g/mol. The van der Waals surface area contributed by atoms with Crippen molar-refractivity contribution in [2.75, 3.05) is 18.9 Å². The van der Waals surface area contributed by atoms with E-state index in [1.807, 2.05) is 34.0 Å². The molecule has 0 bridgehead atoms. The molecule has 1 heterocycles. The molecule has 0 saturated carbocycles. The lowest BCUT2D eigenvalue weighted by Crippen LogP contribution is -2.36.